The average Bonchev–Trinajstić information content (AvgIpc) is 3.11. The first-order chi connectivity index (χ1) is 10.7. The Balaban J connectivity index is 1.83. The predicted octanol–water partition coefficient (Wildman–Crippen LogP) is 2.00. The molecule has 7 heteroatoms. The highest BCUT2D eigenvalue weighted by atomic mass is 15.3. The summed E-state index contributed by atoms with van der Waals surface area (Å²) in [5, 5.41) is 4.54. The fourth-order valence-electron chi connectivity index (χ4n) is 2.38. The number of benzene rings is 1. The quantitative estimate of drug-likeness (QED) is 0.588. The van der Waals surface area contributed by atoms with Crippen LogP contribution >= 0.6 is 0 Å². The van der Waals surface area contributed by atoms with E-state index in [4.69, 9.17) is 5.73 Å². The van der Waals surface area contributed by atoms with E-state index in [0.717, 1.165) is 22.5 Å². The van der Waals surface area contributed by atoms with Gasteiger partial charge in [0, 0.05) is 12.6 Å². The maximum absolute atomic E-state index is 5.59. The smallest absolute Gasteiger partial charge is 0.222 e. The zero-order valence-electron chi connectivity index (χ0n) is 11.9. The molecule has 0 bridgehead atoms. The van der Waals surface area contributed by atoms with Gasteiger partial charge in [0.05, 0.1) is 11.9 Å². The molecule has 1 aromatic carbocycles. The number of imidazole rings is 1. The van der Waals surface area contributed by atoms with Gasteiger partial charge >= 0.3 is 0 Å². The highest BCUT2D eigenvalue weighted by molar-refractivity contribution is 5.76. The molecular formula is C15H13N7. The molecule has 0 amide bonds. The van der Waals surface area contributed by atoms with E-state index < -0.39 is 0 Å². The number of hydrogen-bond donors (Lipinski definition) is 2. The van der Waals surface area contributed by atoms with Gasteiger partial charge in [0.1, 0.15) is 11.2 Å². The summed E-state index contributed by atoms with van der Waals surface area (Å²) in [4.78, 5) is 15.7. The molecule has 3 N–H and O–H groups in total. The van der Waals surface area contributed by atoms with Crippen molar-refractivity contribution in [2.45, 2.75) is 0 Å². The van der Waals surface area contributed by atoms with E-state index in [0.29, 0.717) is 11.5 Å². The Morgan fingerprint density at radius 3 is 2.77 bits per heavy atom. The number of nitrogens with zero attached hydrogens (tertiary/aromatic N) is 5. The Morgan fingerprint density at radius 2 is 1.95 bits per heavy atom. The van der Waals surface area contributed by atoms with E-state index in [-0.39, 0.29) is 5.95 Å². The van der Waals surface area contributed by atoms with Crippen molar-refractivity contribution < 1.29 is 0 Å². The lowest BCUT2D eigenvalue weighted by Gasteiger charge is -1.95. The molecule has 3 heterocycles. The second-order valence-corrected chi connectivity index (χ2v) is 4.96. The molecule has 108 valence electrons. The minimum Gasteiger partial charge on any atom is -0.368 e. The summed E-state index contributed by atoms with van der Waals surface area (Å²) in [7, 11) is 1.88. The molecule has 0 fully saturated rings. The Labute approximate surface area is 125 Å². The average molecular weight is 291 g/mol. The van der Waals surface area contributed by atoms with Gasteiger partial charge in [0.25, 0.3) is 0 Å². The number of H-pyrrole nitrogens is 1. The molecule has 3 aromatic heterocycles. The van der Waals surface area contributed by atoms with Gasteiger partial charge < -0.3 is 10.7 Å². The third-order valence-electron chi connectivity index (χ3n) is 3.45. The first kappa shape index (κ1) is 12.5. The van der Waals surface area contributed by atoms with Crippen LogP contribution in [0.2, 0.25) is 0 Å². The van der Waals surface area contributed by atoms with Crippen molar-refractivity contribution in [1.82, 2.24) is 29.7 Å². The number of aromatic nitrogens is 6. The molecule has 0 radical (unpaired) electrons. The van der Waals surface area contributed by atoms with Crippen molar-refractivity contribution in [3.8, 4) is 22.8 Å². The summed E-state index contributed by atoms with van der Waals surface area (Å²) < 4.78 is 1.79. The van der Waals surface area contributed by atoms with Crippen LogP contribution in [0.25, 0.3) is 33.9 Å². The van der Waals surface area contributed by atoms with Crippen LogP contribution in [-0.4, -0.2) is 29.7 Å². The van der Waals surface area contributed by atoms with Crippen LogP contribution in [0.1, 0.15) is 0 Å². The van der Waals surface area contributed by atoms with Crippen molar-refractivity contribution in [3.63, 3.8) is 0 Å². The van der Waals surface area contributed by atoms with Crippen molar-refractivity contribution in [2.24, 2.45) is 7.05 Å². The number of hydrogen-bond acceptors (Lipinski definition) is 5. The molecule has 4 aromatic rings. The number of aromatic amines is 1. The second-order valence-electron chi connectivity index (χ2n) is 4.96. The molecule has 0 aliphatic heterocycles. The molecule has 4 rings (SSSR count). The number of rotatable bonds is 2. The molecule has 0 spiro atoms. The first-order valence-corrected chi connectivity index (χ1v) is 6.79. The maximum atomic E-state index is 5.59. The molecule has 0 saturated carbocycles. The van der Waals surface area contributed by atoms with Crippen molar-refractivity contribution in [2.75, 3.05) is 5.73 Å². The van der Waals surface area contributed by atoms with Crippen molar-refractivity contribution >= 4 is 17.1 Å². The molecular weight excluding hydrogens is 278 g/mol. The van der Waals surface area contributed by atoms with E-state index in [2.05, 4.69) is 25.0 Å². The molecule has 22 heavy (non-hydrogen) atoms. The molecule has 0 saturated heterocycles. The van der Waals surface area contributed by atoms with Crippen LogP contribution < -0.4 is 5.73 Å². The summed E-state index contributed by atoms with van der Waals surface area (Å²) >= 11 is 0. The monoisotopic (exact) mass is 291 g/mol. The van der Waals surface area contributed by atoms with Gasteiger partial charge in [0.15, 0.2) is 11.5 Å². The van der Waals surface area contributed by atoms with Crippen molar-refractivity contribution in [1.29, 1.82) is 0 Å². The van der Waals surface area contributed by atoms with E-state index in [1.165, 1.54) is 0 Å². The topological polar surface area (TPSA) is 98.3 Å². The van der Waals surface area contributed by atoms with Gasteiger partial charge in [-0.3, -0.25) is 4.68 Å². The van der Waals surface area contributed by atoms with E-state index in [9.17, 15) is 0 Å². The van der Waals surface area contributed by atoms with Crippen LogP contribution in [-0.2, 0) is 7.05 Å². The van der Waals surface area contributed by atoms with Crippen LogP contribution in [0.15, 0.2) is 42.6 Å². The van der Waals surface area contributed by atoms with Gasteiger partial charge in [-0.1, -0.05) is 30.3 Å². The highest BCUT2D eigenvalue weighted by Gasteiger charge is 2.13. The number of aryl methyl sites for hydroxylation is 1. The highest BCUT2D eigenvalue weighted by Crippen LogP contribution is 2.25. The zero-order valence-corrected chi connectivity index (χ0v) is 11.9. The van der Waals surface area contributed by atoms with E-state index >= 15 is 0 Å². The molecule has 0 unspecified atom stereocenters. The molecule has 0 atom stereocenters. The number of nitrogens with one attached hydrogen (secondary N) is 1. The Morgan fingerprint density at radius 1 is 1.14 bits per heavy atom. The normalized spacial score (nSPS) is 11.1. The predicted molar refractivity (Wildman–Crippen MR) is 83.7 cm³/mol. The van der Waals surface area contributed by atoms with E-state index in [1.807, 2.05) is 43.4 Å². The van der Waals surface area contributed by atoms with Crippen molar-refractivity contribution in [3.05, 3.63) is 42.6 Å². The number of nitrogen functional groups attached to an aromatic ring is 1. The minimum absolute atomic E-state index is 0.209. The molecule has 0 aliphatic carbocycles. The molecule has 0 aliphatic rings. The Kier molecular flexibility index (Phi) is 2.65. The van der Waals surface area contributed by atoms with E-state index in [1.54, 1.807) is 10.9 Å². The number of nitrogens with two attached hydrogens (primary N) is 1. The van der Waals surface area contributed by atoms with Crippen LogP contribution in [0.4, 0.5) is 5.95 Å². The standard InChI is InChI=1S/C15H13N7/c1-22-12(7-10(21-22)9-5-3-2-4-6-9)14-18-11-8-17-15(16)20-13(11)19-14/h2-8H,1H3,(H3,16,17,18,19,20). The van der Waals surface area contributed by atoms with Gasteiger partial charge in [-0.05, 0) is 6.07 Å². The summed E-state index contributed by atoms with van der Waals surface area (Å²) in [5.41, 5.74) is 9.70. The molecule has 7 nitrogen and oxygen atoms in total. The second kappa shape index (κ2) is 4.66. The first-order valence-electron chi connectivity index (χ1n) is 6.79. The van der Waals surface area contributed by atoms with Crippen LogP contribution in [0, 0.1) is 0 Å². The summed E-state index contributed by atoms with van der Waals surface area (Å²) in [5.74, 6) is 0.896. The lowest BCUT2D eigenvalue weighted by Crippen LogP contribution is -1.95. The fourth-order valence-corrected chi connectivity index (χ4v) is 2.38. The van der Waals surface area contributed by atoms with Gasteiger partial charge in [-0.15, -0.1) is 0 Å². The Bertz CT molecular complexity index is 953. The largest absolute Gasteiger partial charge is 0.368 e. The Hall–Kier alpha value is -3.22. The van der Waals surface area contributed by atoms with Gasteiger partial charge in [-0.2, -0.15) is 10.1 Å². The minimum atomic E-state index is 0.209. The van der Waals surface area contributed by atoms with Crippen LogP contribution in [0.5, 0.6) is 0 Å². The lowest BCUT2D eigenvalue weighted by atomic mass is 10.1. The third kappa shape index (κ3) is 1.99. The third-order valence-corrected chi connectivity index (χ3v) is 3.45. The summed E-state index contributed by atoms with van der Waals surface area (Å²) in [6, 6.07) is 12.0. The van der Waals surface area contributed by atoms with Gasteiger partial charge in [0.2, 0.25) is 5.95 Å². The summed E-state index contributed by atoms with van der Waals surface area (Å²) in [6.07, 6.45) is 1.63. The maximum Gasteiger partial charge on any atom is 0.222 e. The van der Waals surface area contributed by atoms with Gasteiger partial charge in [-0.25, -0.2) is 9.97 Å². The summed E-state index contributed by atoms with van der Waals surface area (Å²) in [6.45, 7) is 0. The lowest BCUT2D eigenvalue weighted by molar-refractivity contribution is 0.775. The van der Waals surface area contributed by atoms with Crippen LogP contribution in [0.3, 0.4) is 0 Å². The number of anilines is 1. The fraction of sp³-hybridized carbons (Fsp3) is 0.0667. The number of fused-ring (bicyclic) bond motifs is 1. The SMILES string of the molecule is Cn1nc(-c2ccccc2)cc1-c1nc2nc(N)ncc2[nH]1. The zero-order chi connectivity index (χ0) is 15.1.